The molecule has 0 fully saturated rings. The Bertz CT molecular complexity index is 665. The Morgan fingerprint density at radius 3 is 2.43 bits per heavy atom. The molecule has 0 saturated heterocycles. The SMILES string of the molecule is CC(=O)c1ccccc1OCC(=O)Nc1ccccc1C. The number of ketones is 1. The number of hydrogen-bond acceptors (Lipinski definition) is 3. The van der Waals surface area contributed by atoms with Gasteiger partial charge < -0.3 is 10.1 Å². The molecular weight excluding hydrogens is 266 g/mol. The van der Waals surface area contributed by atoms with Crippen molar-refractivity contribution in [3.63, 3.8) is 0 Å². The number of amides is 1. The van der Waals surface area contributed by atoms with Crippen molar-refractivity contribution in [2.24, 2.45) is 0 Å². The van der Waals surface area contributed by atoms with Gasteiger partial charge in [-0.2, -0.15) is 0 Å². The fourth-order valence-electron chi connectivity index (χ4n) is 1.93. The maximum Gasteiger partial charge on any atom is 0.262 e. The summed E-state index contributed by atoms with van der Waals surface area (Å²) in [6.07, 6.45) is 0. The van der Waals surface area contributed by atoms with Crippen LogP contribution in [0.2, 0.25) is 0 Å². The summed E-state index contributed by atoms with van der Waals surface area (Å²) in [4.78, 5) is 23.4. The number of ether oxygens (including phenoxy) is 1. The summed E-state index contributed by atoms with van der Waals surface area (Å²) in [5.41, 5.74) is 2.21. The molecule has 0 bridgehead atoms. The molecule has 0 atom stereocenters. The topological polar surface area (TPSA) is 55.4 Å². The van der Waals surface area contributed by atoms with E-state index in [-0.39, 0.29) is 18.3 Å². The van der Waals surface area contributed by atoms with Crippen molar-refractivity contribution in [3.05, 3.63) is 59.7 Å². The first-order chi connectivity index (χ1) is 10.1. The molecule has 4 heteroatoms. The molecule has 0 heterocycles. The molecule has 0 radical (unpaired) electrons. The molecular formula is C17H17NO3. The van der Waals surface area contributed by atoms with Gasteiger partial charge in [-0.25, -0.2) is 0 Å². The lowest BCUT2D eigenvalue weighted by molar-refractivity contribution is -0.118. The number of aryl methyl sites for hydroxylation is 1. The maximum atomic E-state index is 11.9. The van der Waals surface area contributed by atoms with Gasteiger partial charge in [0.05, 0.1) is 5.56 Å². The standard InChI is InChI=1S/C17H17NO3/c1-12-7-3-5-9-15(12)18-17(20)11-21-16-10-6-4-8-14(16)13(2)19/h3-10H,11H2,1-2H3,(H,18,20). The van der Waals surface area contributed by atoms with Crippen LogP contribution in [0.25, 0.3) is 0 Å². The van der Waals surface area contributed by atoms with E-state index in [2.05, 4.69) is 5.32 Å². The lowest BCUT2D eigenvalue weighted by atomic mass is 10.1. The molecule has 0 aliphatic carbocycles. The zero-order valence-corrected chi connectivity index (χ0v) is 12.1. The maximum absolute atomic E-state index is 11.9. The second-order valence-electron chi connectivity index (χ2n) is 4.70. The molecule has 4 nitrogen and oxygen atoms in total. The zero-order chi connectivity index (χ0) is 15.2. The van der Waals surface area contributed by atoms with E-state index in [9.17, 15) is 9.59 Å². The van der Waals surface area contributed by atoms with Crippen molar-refractivity contribution < 1.29 is 14.3 Å². The summed E-state index contributed by atoms with van der Waals surface area (Å²) in [7, 11) is 0. The number of nitrogens with one attached hydrogen (secondary N) is 1. The predicted octanol–water partition coefficient (Wildman–Crippen LogP) is 3.22. The van der Waals surface area contributed by atoms with Crippen molar-refractivity contribution in [2.75, 3.05) is 11.9 Å². The highest BCUT2D eigenvalue weighted by atomic mass is 16.5. The van der Waals surface area contributed by atoms with Crippen molar-refractivity contribution in [2.45, 2.75) is 13.8 Å². The third kappa shape index (κ3) is 3.92. The number of para-hydroxylation sites is 2. The molecule has 1 N–H and O–H groups in total. The summed E-state index contributed by atoms with van der Waals surface area (Å²) >= 11 is 0. The smallest absolute Gasteiger partial charge is 0.262 e. The summed E-state index contributed by atoms with van der Waals surface area (Å²) in [5.74, 6) is 0.0671. The van der Waals surface area contributed by atoms with Crippen LogP contribution in [0.5, 0.6) is 5.75 Å². The van der Waals surface area contributed by atoms with Crippen LogP contribution in [0.1, 0.15) is 22.8 Å². The Morgan fingerprint density at radius 2 is 1.71 bits per heavy atom. The predicted molar refractivity (Wildman–Crippen MR) is 81.8 cm³/mol. The summed E-state index contributed by atoms with van der Waals surface area (Å²) in [6.45, 7) is 3.25. The molecule has 0 aromatic heterocycles. The second kappa shape index (κ2) is 6.70. The molecule has 2 aromatic rings. The van der Waals surface area contributed by atoms with Gasteiger partial charge in [-0.05, 0) is 37.6 Å². The number of rotatable bonds is 5. The summed E-state index contributed by atoms with van der Waals surface area (Å²) < 4.78 is 5.44. The van der Waals surface area contributed by atoms with E-state index in [0.717, 1.165) is 11.3 Å². The number of anilines is 1. The quantitative estimate of drug-likeness (QED) is 0.857. The number of hydrogen-bond donors (Lipinski definition) is 1. The zero-order valence-electron chi connectivity index (χ0n) is 12.1. The molecule has 0 saturated carbocycles. The number of benzene rings is 2. The average Bonchev–Trinajstić information content (AvgIpc) is 2.48. The summed E-state index contributed by atoms with van der Waals surface area (Å²) in [6, 6.07) is 14.4. The minimum Gasteiger partial charge on any atom is -0.483 e. The van der Waals surface area contributed by atoms with Gasteiger partial charge in [0.1, 0.15) is 5.75 Å². The Labute approximate surface area is 123 Å². The van der Waals surface area contributed by atoms with E-state index in [0.29, 0.717) is 11.3 Å². The monoisotopic (exact) mass is 283 g/mol. The van der Waals surface area contributed by atoms with Gasteiger partial charge in [0.15, 0.2) is 12.4 Å². The van der Waals surface area contributed by atoms with Crippen molar-refractivity contribution in [1.82, 2.24) is 0 Å². The lowest BCUT2D eigenvalue weighted by Gasteiger charge is -2.11. The Morgan fingerprint density at radius 1 is 1.05 bits per heavy atom. The van der Waals surface area contributed by atoms with Crippen molar-refractivity contribution >= 4 is 17.4 Å². The van der Waals surface area contributed by atoms with E-state index in [1.165, 1.54) is 6.92 Å². The van der Waals surface area contributed by atoms with E-state index in [4.69, 9.17) is 4.74 Å². The Kier molecular flexibility index (Phi) is 4.72. The van der Waals surface area contributed by atoms with E-state index >= 15 is 0 Å². The molecule has 2 rings (SSSR count). The molecule has 0 spiro atoms. The molecule has 108 valence electrons. The number of carbonyl (C=O) groups is 2. The van der Waals surface area contributed by atoms with Gasteiger partial charge >= 0.3 is 0 Å². The van der Waals surface area contributed by atoms with Crippen molar-refractivity contribution in [1.29, 1.82) is 0 Å². The lowest BCUT2D eigenvalue weighted by Crippen LogP contribution is -2.21. The minimum atomic E-state index is -0.261. The Hall–Kier alpha value is -2.62. The highest BCUT2D eigenvalue weighted by Gasteiger charge is 2.10. The average molecular weight is 283 g/mol. The third-order valence-electron chi connectivity index (χ3n) is 3.04. The van der Waals surface area contributed by atoms with Crippen molar-refractivity contribution in [3.8, 4) is 5.75 Å². The third-order valence-corrected chi connectivity index (χ3v) is 3.04. The van der Waals surface area contributed by atoms with Gasteiger partial charge in [0.25, 0.3) is 5.91 Å². The van der Waals surface area contributed by atoms with Crippen LogP contribution in [-0.2, 0) is 4.79 Å². The molecule has 1 amide bonds. The molecule has 0 aliphatic heterocycles. The number of carbonyl (C=O) groups excluding carboxylic acids is 2. The van der Waals surface area contributed by atoms with Crippen LogP contribution in [0, 0.1) is 6.92 Å². The largest absolute Gasteiger partial charge is 0.483 e. The van der Waals surface area contributed by atoms with E-state index < -0.39 is 0 Å². The first kappa shape index (κ1) is 14.8. The summed E-state index contributed by atoms with van der Waals surface area (Å²) in [5, 5.41) is 2.78. The molecule has 0 aliphatic rings. The van der Waals surface area contributed by atoms with Gasteiger partial charge in [-0.1, -0.05) is 30.3 Å². The fourth-order valence-corrected chi connectivity index (χ4v) is 1.93. The van der Waals surface area contributed by atoms with Crippen LogP contribution in [-0.4, -0.2) is 18.3 Å². The van der Waals surface area contributed by atoms with Gasteiger partial charge in [-0.3, -0.25) is 9.59 Å². The minimum absolute atomic E-state index is 0.0927. The van der Waals surface area contributed by atoms with Crippen LogP contribution in [0.15, 0.2) is 48.5 Å². The molecule has 2 aromatic carbocycles. The first-order valence-corrected chi connectivity index (χ1v) is 6.66. The number of Topliss-reactive ketones (excluding diaryl/α,β-unsaturated/α-hetero) is 1. The van der Waals surface area contributed by atoms with E-state index in [1.807, 2.05) is 31.2 Å². The van der Waals surface area contributed by atoms with Crippen LogP contribution >= 0.6 is 0 Å². The van der Waals surface area contributed by atoms with Crippen LogP contribution in [0.3, 0.4) is 0 Å². The van der Waals surface area contributed by atoms with E-state index in [1.54, 1.807) is 24.3 Å². The molecule has 0 unspecified atom stereocenters. The fraction of sp³-hybridized carbons (Fsp3) is 0.176. The molecule has 21 heavy (non-hydrogen) atoms. The normalized spacial score (nSPS) is 10.0. The highest BCUT2D eigenvalue weighted by molar-refractivity contribution is 5.97. The van der Waals surface area contributed by atoms with Crippen LogP contribution in [0.4, 0.5) is 5.69 Å². The Balaban J connectivity index is 1.99. The van der Waals surface area contributed by atoms with Crippen LogP contribution < -0.4 is 10.1 Å². The van der Waals surface area contributed by atoms with Gasteiger partial charge in [0, 0.05) is 5.69 Å². The van der Waals surface area contributed by atoms with Gasteiger partial charge in [-0.15, -0.1) is 0 Å². The first-order valence-electron chi connectivity index (χ1n) is 6.66. The second-order valence-corrected chi connectivity index (χ2v) is 4.70. The highest BCUT2D eigenvalue weighted by Crippen LogP contribution is 2.18. The van der Waals surface area contributed by atoms with Gasteiger partial charge in [0.2, 0.25) is 0 Å².